The molecule has 1 N–H and O–H groups in total. The molecule has 1 aromatic carbocycles. The maximum absolute atomic E-state index is 11.4. The highest BCUT2D eigenvalue weighted by molar-refractivity contribution is 6.24. The molecule has 0 spiro atoms. The number of carboxylic acids is 1. The van der Waals surface area contributed by atoms with Crippen LogP contribution in [0, 0.1) is 17.0 Å². The lowest BCUT2D eigenvalue weighted by atomic mass is 9.80. The van der Waals surface area contributed by atoms with Crippen LogP contribution in [0.3, 0.4) is 0 Å². The van der Waals surface area contributed by atoms with Gasteiger partial charge in [-0.25, -0.2) is 0 Å². The minimum Gasteiger partial charge on any atom is -0.481 e. The molecule has 1 aliphatic rings. The first-order chi connectivity index (χ1) is 9.83. The summed E-state index contributed by atoms with van der Waals surface area (Å²) in [6, 6.07) is 3.06. The summed E-state index contributed by atoms with van der Waals surface area (Å²) >= 11 is 6.69. The summed E-state index contributed by atoms with van der Waals surface area (Å²) in [5.41, 5.74) is 1.65. The average Bonchev–Trinajstić information content (AvgIpc) is 2.37. The third kappa shape index (κ3) is 3.35. The Hall–Kier alpha value is -1.62. The van der Waals surface area contributed by atoms with Crippen molar-refractivity contribution in [2.45, 2.75) is 50.3 Å². The highest BCUT2D eigenvalue weighted by Gasteiger charge is 2.38. The lowest BCUT2D eigenvalue weighted by Crippen LogP contribution is -2.25. The first kappa shape index (κ1) is 15.8. The Labute approximate surface area is 128 Å². The van der Waals surface area contributed by atoms with E-state index in [1.54, 1.807) is 13.0 Å². The number of carbonyl (C=O) groups is 1. The number of aliphatic carboxylic acids is 1. The van der Waals surface area contributed by atoms with Crippen LogP contribution in [-0.2, 0) is 16.1 Å². The van der Waals surface area contributed by atoms with Crippen LogP contribution in [0.1, 0.15) is 48.8 Å². The Morgan fingerprint density at radius 2 is 2.00 bits per heavy atom. The lowest BCUT2D eigenvalue weighted by Gasteiger charge is -2.32. The Kier molecular flexibility index (Phi) is 4.52. The van der Waals surface area contributed by atoms with Crippen molar-refractivity contribution in [3.63, 3.8) is 0 Å². The molecule has 2 rings (SSSR count). The van der Waals surface area contributed by atoms with Gasteiger partial charge in [0.2, 0.25) is 0 Å². The molecule has 1 aliphatic carbocycles. The molecule has 21 heavy (non-hydrogen) atoms. The van der Waals surface area contributed by atoms with Crippen LogP contribution >= 0.6 is 11.6 Å². The normalized spacial score (nSPS) is 17.4. The van der Waals surface area contributed by atoms with Crippen LogP contribution in [0.4, 0.5) is 5.69 Å². The van der Waals surface area contributed by atoms with Crippen LogP contribution in [0.15, 0.2) is 12.1 Å². The third-order valence-corrected chi connectivity index (χ3v) is 4.59. The number of carboxylic acid groups (broad SMARTS) is 1. The lowest BCUT2D eigenvalue weighted by molar-refractivity contribution is -0.386. The summed E-state index contributed by atoms with van der Waals surface area (Å²) in [7, 11) is 0. The molecule has 5 nitrogen and oxygen atoms in total. The van der Waals surface area contributed by atoms with Gasteiger partial charge in [-0.1, -0.05) is 25.3 Å². The van der Waals surface area contributed by atoms with Crippen molar-refractivity contribution in [2.24, 2.45) is 0 Å². The quantitative estimate of drug-likeness (QED) is 0.519. The monoisotopic (exact) mass is 311 g/mol. The van der Waals surface area contributed by atoms with Gasteiger partial charge in [-0.15, -0.1) is 11.6 Å². The smallest absolute Gasteiger partial charge is 0.307 e. The molecule has 1 aromatic rings. The molecule has 0 radical (unpaired) electrons. The zero-order valence-corrected chi connectivity index (χ0v) is 12.7. The maximum atomic E-state index is 11.4. The molecule has 0 atom stereocenters. The highest BCUT2D eigenvalue weighted by Crippen LogP contribution is 2.47. The van der Waals surface area contributed by atoms with Gasteiger partial charge in [0.1, 0.15) is 0 Å². The number of halogens is 1. The summed E-state index contributed by atoms with van der Waals surface area (Å²) in [6.45, 7) is 1.77. The van der Waals surface area contributed by atoms with Crippen LogP contribution < -0.4 is 0 Å². The van der Waals surface area contributed by atoms with Crippen LogP contribution in [-0.4, -0.2) is 16.0 Å². The topological polar surface area (TPSA) is 80.4 Å². The van der Waals surface area contributed by atoms with E-state index >= 15 is 0 Å². The number of hydrogen-bond donors (Lipinski definition) is 1. The molecule has 1 saturated carbocycles. The van der Waals surface area contributed by atoms with Gasteiger partial charge in [0.25, 0.3) is 5.69 Å². The Bertz CT molecular complexity index is 579. The number of benzene rings is 1. The first-order valence-electron chi connectivity index (χ1n) is 7.02. The van der Waals surface area contributed by atoms with E-state index in [1.165, 1.54) is 6.07 Å². The van der Waals surface area contributed by atoms with Crippen molar-refractivity contribution in [1.82, 2.24) is 0 Å². The fourth-order valence-electron chi connectivity index (χ4n) is 3.21. The summed E-state index contributed by atoms with van der Waals surface area (Å²) < 4.78 is 0. The highest BCUT2D eigenvalue weighted by atomic mass is 35.5. The molecule has 0 aliphatic heterocycles. The van der Waals surface area contributed by atoms with Gasteiger partial charge in [-0.2, -0.15) is 0 Å². The second-order valence-electron chi connectivity index (χ2n) is 5.66. The fraction of sp³-hybridized carbons (Fsp3) is 0.533. The number of alkyl halides is 1. The first-order valence-corrected chi connectivity index (χ1v) is 7.40. The Balaban J connectivity index is 2.54. The van der Waals surface area contributed by atoms with Gasteiger partial charge < -0.3 is 5.11 Å². The molecular formula is C15H18ClNO4. The molecule has 114 valence electrons. The van der Waals surface area contributed by atoms with Crippen molar-refractivity contribution in [3.05, 3.63) is 38.9 Å². The number of nitrogens with zero attached hydrogens (tertiary/aromatic N) is 1. The maximum Gasteiger partial charge on any atom is 0.307 e. The van der Waals surface area contributed by atoms with Gasteiger partial charge >= 0.3 is 5.97 Å². The minimum absolute atomic E-state index is 0.0526. The van der Waals surface area contributed by atoms with E-state index in [2.05, 4.69) is 0 Å². The summed E-state index contributed by atoms with van der Waals surface area (Å²) in [4.78, 5) is 21.1. The molecule has 0 bridgehead atoms. The second-order valence-corrected chi connectivity index (χ2v) is 6.38. The van der Waals surface area contributed by atoms with E-state index in [9.17, 15) is 14.9 Å². The predicted molar refractivity (Wildman–Crippen MR) is 79.8 cm³/mol. The molecule has 0 heterocycles. The predicted octanol–water partition coefficient (Wildman–Crippen LogP) is 3.93. The van der Waals surface area contributed by atoms with Gasteiger partial charge in [0.15, 0.2) is 0 Å². The molecule has 0 unspecified atom stereocenters. The van der Waals surface area contributed by atoms with Crippen LogP contribution in [0.2, 0.25) is 0 Å². The van der Waals surface area contributed by atoms with Crippen LogP contribution in [0.25, 0.3) is 0 Å². The molecule has 6 heteroatoms. The second kappa shape index (κ2) is 6.02. The number of hydrogen-bond acceptors (Lipinski definition) is 3. The van der Waals surface area contributed by atoms with Crippen molar-refractivity contribution in [3.8, 4) is 0 Å². The van der Waals surface area contributed by atoms with Gasteiger partial charge in [0, 0.05) is 6.07 Å². The van der Waals surface area contributed by atoms with Crippen LogP contribution in [0.5, 0.6) is 0 Å². The van der Waals surface area contributed by atoms with E-state index in [0.29, 0.717) is 29.5 Å². The number of aryl methyl sites for hydroxylation is 1. The van der Waals surface area contributed by atoms with E-state index < -0.39 is 15.8 Å². The van der Waals surface area contributed by atoms with Gasteiger partial charge in [0.05, 0.1) is 21.8 Å². The number of nitro benzene ring substituents is 1. The Morgan fingerprint density at radius 1 is 1.38 bits per heavy atom. The van der Waals surface area contributed by atoms with E-state index in [0.717, 1.165) is 19.3 Å². The van der Waals surface area contributed by atoms with Gasteiger partial charge in [-0.05, 0) is 30.9 Å². The SMILES string of the molecule is Cc1cc(CC(=O)O)cc([N+](=O)[O-])c1C1(Cl)CCCCC1. The van der Waals surface area contributed by atoms with Crippen molar-refractivity contribution in [2.75, 3.05) is 0 Å². The Morgan fingerprint density at radius 3 is 2.52 bits per heavy atom. The average molecular weight is 312 g/mol. The summed E-state index contributed by atoms with van der Waals surface area (Å²) in [5.74, 6) is -1.00. The largest absolute Gasteiger partial charge is 0.481 e. The molecule has 1 fully saturated rings. The zero-order valence-electron chi connectivity index (χ0n) is 11.9. The van der Waals surface area contributed by atoms with Crippen molar-refractivity contribution < 1.29 is 14.8 Å². The minimum atomic E-state index is -1.00. The standard InChI is InChI=1S/C15H18ClNO4/c1-10-7-11(9-13(18)19)8-12(17(20)21)14(10)15(16)5-3-2-4-6-15/h7-8H,2-6,9H2,1H3,(H,18,19). The van der Waals surface area contributed by atoms with E-state index in [-0.39, 0.29) is 12.1 Å². The number of rotatable bonds is 4. The van der Waals surface area contributed by atoms with Crippen molar-refractivity contribution in [1.29, 1.82) is 0 Å². The van der Waals surface area contributed by atoms with E-state index in [1.807, 2.05) is 0 Å². The fourth-order valence-corrected chi connectivity index (χ4v) is 3.72. The summed E-state index contributed by atoms with van der Waals surface area (Å²) in [5, 5.41) is 20.3. The number of nitro groups is 1. The molecule has 0 saturated heterocycles. The van der Waals surface area contributed by atoms with Gasteiger partial charge in [-0.3, -0.25) is 14.9 Å². The molecule has 0 aromatic heterocycles. The molecular weight excluding hydrogens is 294 g/mol. The third-order valence-electron chi connectivity index (χ3n) is 4.02. The molecule has 0 amide bonds. The zero-order chi connectivity index (χ0) is 15.6. The van der Waals surface area contributed by atoms with E-state index in [4.69, 9.17) is 16.7 Å². The summed E-state index contributed by atoms with van der Waals surface area (Å²) in [6.07, 6.45) is 4.21. The van der Waals surface area contributed by atoms with Crippen molar-refractivity contribution >= 4 is 23.3 Å².